The first-order valence-electron chi connectivity index (χ1n) is 8.52. The van der Waals surface area contributed by atoms with Crippen LogP contribution in [0.3, 0.4) is 0 Å². The smallest absolute Gasteiger partial charge is 0.257 e. The second-order valence-electron chi connectivity index (χ2n) is 6.10. The van der Waals surface area contributed by atoms with Crippen LogP contribution in [-0.4, -0.2) is 22.4 Å². The fourth-order valence-electron chi connectivity index (χ4n) is 3.14. The summed E-state index contributed by atoms with van der Waals surface area (Å²) in [5, 5.41) is 10.5. The quantitative estimate of drug-likeness (QED) is 0.401. The Bertz CT molecular complexity index is 802. The van der Waals surface area contributed by atoms with E-state index in [4.69, 9.17) is 4.74 Å². The molecule has 0 saturated carbocycles. The monoisotopic (exact) mass is 452 g/mol. The van der Waals surface area contributed by atoms with E-state index in [1.165, 1.54) is 11.3 Å². The summed E-state index contributed by atoms with van der Waals surface area (Å²) >= 11 is 0. The van der Waals surface area contributed by atoms with Crippen molar-refractivity contribution in [2.75, 3.05) is 6.61 Å². The van der Waals surface area contributed by atoms with Crippen molar-refractivity contribution in [3.8, 4) is 5.75 Å². The van der Waals surface area contributed by atoms with Crippen LogP contribution < -0.4 is 33.3 Å². The number of rotatable bonds is 7. The van der Waals surface area contributed by atoms with Crippen molar-refractivity contribution in [3.63, 3.8) is 0 Å². The fraction of sp³-hybridized carbons (Fsp3) is 0.350. The number of hydrogen-bond acceptors (Lipinski definition) is 2. The molecule has 0 aliphatic carbocycles. The molecule has 0 saturated heterocycles. The second-order valence-corrected chi connectivity index (χ2v) is 6.10. The number of ether oxygens (including phenoxy) is 1. The lowest BCUT2D eigenvalue weighted by Gasteiger charge is -2.12. The fourth-order valence-corrected chi connectivity index (χ4v) is 3.14. The van der Waals surface area contributed by atoms with Crippen LogP contribution in [0.25, 0.3) is 11.0 Å². The molecule has 25 heavy (non-hydrogen) atoms. The van der Waals surface area contributed by atoms with Crippen molar-refractivity contribution in [1.29, 1.82) is 0 Å². The molecule has 0 fully saturated rings. The number of nitrogens with zero attached hydrogens (tertiary/aromatic N) is 2. The molecule has 2 aromatic carbocycles. The van der Waals surface area contributed by atoms with Crippen LogP contribution in [0.15, 0.2) is 54.6 Å². The highest BCUT2D eigenvalue weighted by atomic mass is 127. The van der Waals surface area contributed by atoms with E-state index >= 15 is 0 Å². The maximum Gasteiger partial charge on any atom is 0.257 e. The van der Waals surface area contributed by atoms with Gasteiger partial charge in [-0.2, -0.15) is 0 Å². The highest BCUT2D eigenvalue weighted by Crippen LogP contribution is 2.16. The Kier molecular flexibility index (Phi) is 7.25. The third-order valence-electron chi connectivity index (χ3n) is 4.29. The first kappa shape index (κ1) is 19.7. The van der Waals surface area contributed by atoms with Crippen molar-refractivity contribution in [3.05, 3.63) is 60.4 Å². The average Bonchev–Trinajstić information content (AvgIpc) is 2.87. The Morgan fingerprint density at radius 1 is 1.08 bits per heavy atom. The zero-order valence-electron chi connectivity index (χ0n) is 14.7. The SMILES string of the molecule is CCCc1n(CC(O)COc2ccccc2)c2ccccc2[n+]1C.[I-]. The van der Waals surface area contributed by atoms with Gasteiger partial charge in [0, 0.05) is 6.42 Å². The van der Waals surface area contributed by atoms with Gasteiger partial charge < -0.3 is 33.8 Å². The van der Waals surface area contributed by atoms with E-state index in [1.807, 2.05) is 36.4 Å². The number of halogens is 1. The van der Waals surface area contributed by atoms with Gasteiger partial charge in [-0.05, 0) is 30.7 Å². The Labute approximate surface area is 166 Å². The molecule has 1 aromatic heterocycles. The molecular formula is C20H25IN2O2. The number of imidazole rings is 1. The summed E-state index contributed by atoms with van der Waals surface area (Å²) in [5.41, 5.74) is 2.35. The summed E-state index contributed by atoms with van der Waals surface area (Å²) in [6.45, 7) is 2.99. The highest BCUT2D eigenvalue weighted by molar-refractivity contribution is 5.72. The van der Waals surface area contributed by atoms with Crippen LogP contribution in [0.1, 0.15) is 19.2 Å². The topological polar surface area (TPSA) is 38.3 Å². The van der Waals surface area contributed by atoms with Gasteiger partial charge in [-0.3, -0.25) is 0 Å². The predicted octanol–water partition coefficient (Wildman–Crippen LogP) is -0.138. The predicted molar refractivity (Wildman–Crippen MR) is 95.1 cm³/mol. The standard InChI is InChI=1S/C20H25N2O2.HI/c1-3-9-20-21(2)18-12-7-8-13-19(18)22(20)14-16(23)15-24-17-10-5-4-6-11-17;/h4-8,10-13,16,23H,3,9,14-15H2,1-2H3;1H/q+1;/p-1. The van der Waals surface area contributed by atoms with Crippen LogP contribution in [0.4, 0.5) is 0 Å². The molecule has 0 aliphatic heterocycles. The van der Waals surface area contributed by atoms with Crippen LogP contribution in [0.5, 0.6) is 5.75 Å². The van der Waals surface area contributed by atoms with E-state index < -0.39 is 6.10 Å². The van der Waals surface area contributed by atoms with Crippen LogP contribution in [0.2, 0.25) is 0 Å². The van der Waals surface area contributed by atoms with E-state index in [9.17, 15) is 5.11 Å². The lowest BCUT2D eigenvalue weighted by molar-refractivity contribution is -0.654. The van der Waals surface area contributed by atoms with Crippen LogP contribution in [0, 0.1) is 0 Å². The Morgan fingerprint density at radius 3 is 2.48 bits per heavy atom. The maximum absolute atomic E-state index is 10.5. The van der Waals surface area contributed by atoms with E-state index in [2.05, 4.69) is 41.3 Å². The first-order valence-corrected chi connectivity index (χ1v) is 8.52. The summed E-state index contributed by atoms with van der Waals surface area (Å²) in [7, 11) is 2.09. The van der Waals surface area contributed by atoms with Gasteiger partial charge in [-0.1, -0.05) is 37.3 Å². The van der Waals surface area contributed by atoms with Crippen LogP contribution in [-0.2, 0) is 20.0 Å². The Morgan fingerprint density at radius 2 is 1.76 bits per heavy atom. The van der Waals surface area contributed by atoms with Crippen molar-refractivity contribution >= 4 is 11.0 Å². The van der Waals surface area contributed by atoms with Crippen molar-refractivity contribution in [1.82, 2.24) is 4.57 Å². The number of fused-ring (bicyclic) bond motifs is 1. The number of aromatic nitrogens is 2. The lowest BCUT2D eigenvalue weighted by Crippen LogP contribution is -3.00. The van der Waals surface area contributed by atoms with E-state index in [0.717, 1.165) is 24.1 Å². The normalized spacial score (nSPS) is 12.0. The molecule has 0 spiro atoms. The van der Waals surface area contributed by atoms with Crippen LogP contribution >= 0.6 is 0 Å². The molecule has 0 aliphatic rings. The molecule has 0 bridgehead atoms. The third-order valence-corrected chi connectivity index (χ3v) is 4.29. The molecule has 1 N–H and O–H groups in total. The van der Waals surface area contributed by atoms with Crippen molar-refractivity contribution in [2.45, 2.75) is 32.4 Å². The minimum Gasteiger partial charge on any atom is -1.00 e. The molecule has 3 aromatic rings. The molecule has 1 atom stereocenters. The van der Waals surface area contributed by atoms with E-state index in [-0.39, 0.29) is 30.6 Å². The molecule has 134 valence electrons. The largest absolute Gasteiger partial charge is 1.00 e. The zero-order valence-corrected chi connectivity index (χ0v) is 16.9. The average molecular weight is 452 g/mol. The summed E-state index contributed by atoms with van der Waals surface area (Å²) in [6.07, 6.45) is 1.50. The summed E-state index contributed by atoms with van der Waals surface area (Å²) in [4.78, 5) is 0. The summed E-state index contributed by atoms with van der Waals surface area (Å²) < 4.78 is 10.1. The minimum atomic E-state index is -0.559. The molecule has 1 unspecified atom stereocenters. The van der Waals surface area contributed by atoms with Gasteiger partial charge in [0.25, 0.3) is 5.82 Å². The van der Waals surface area contributed by atoms with E-state index in [0.29, 0.717) is 6.54 Å². The molecular weight excluding hydrogens is 427 g/mol. The van der Waals surface area contributed by atoms with E-state index in [1.54, 1.807) is 0 Å². The van der Waals surface area contributed by atoms with Crippen molar-refractivity contribution < 1.29 is 38.4 Å². The van der Waals surface area contributed by atoms with Crippen molar-refractivity contribution in [2.24, 2.45) is 7.05 Å². The minimum absolute atomic E-state index is 0. The number of para-hydroxylation sites is 3. The molecule has 0 radical (unpaired) electrons. The highest BCUT2D eigenvalue weighted by Gasteiger charge is 2.23. The number of benzene rings is 2. The van der Waals surface area contributed by atoms with Gasteiger partial charge in [0.05, 0.1) is 7.05 Å². The summed E-state index contributed by atoms with van der Waals surface area (Å²) in [6, 6.07) is 17.9. The molecule has 5 heteroatoms. The first-order chi connectivity index (χ1) is 11.7. The maximum atomic E-state index is 10.5. The lowest BCUT2D eigenvalue weighted by atomic mass is 10.3. The Hall–Kier alpha value is -1.60. The number of hydrogen-bond donors (Lipinski definition) is 1. The number of aryl methyl sites for hydroxylation is 1. The van der Waals surface area contributed by atoms with Gasteiger partial charge in [-0.25, -0.2) is 9.13 Å². The van der Waals surface area contributed by atoms with Gasteiger partial charge in [0.2, 0.25) is 0 Å². The van der Waals surface area contributed by atoms with Gasteiger partial charge in [0.1, 0.15) is 25.0 Å². The third kappa shape index (κ3) is 4.52. The molecule has 1 heterocycles. The van der Waals surface area contributed by atoms with Gasteiger partial charge >= 0.3 is 0 Å². The molecule has 4 nitrogen and oxygen atoms in total. The number of aliphatic hydroxyl groups is 1. The Balaban J connectivity index is 0.00000225. The summed E-state index contributed by atoms with van der Waals surface area (Å²) in [5.74, 6) is 2.02. The molecule has 3 rings (SSSR count). The van der Waals surface area contributed by atoms with Gasteiger partial charge in [0.15, 0.2) is 11.0 Å². The zero-order chi connectivity index (χ0) is 16.9. The second kappa shape index (κ2) is 9.20. The van der Waals surface area contributed by atoms with Gasteiger partial charge in [-0.15, -0.1) is 0 Å². The number of aliphatic hydroxyl groups excluding tert-OH is 1. The molecule has 0 amide bonds.